The Bertz CT molecular complexity index is 1050. The van der Waals surface area contributed by atoms with E-state index in [1.165, 1.54) is 5.56 Å². The SMILES string of the molecule is CN(Cc1nccn1Cc1ccccc1)C(=O)c1ccn(-c2ccccc2)n1. The van der Waals surface area contributed by atoms with Gasteiger partial charge in [0, 0.05) is 32.2 Å². The fraction of sp³-hybridized carbons (Fsp3) is 0.136. The van der Waals surface area contributed by atoms with Gasteiger partial charge in [-0.05, 0) is 23.8 Å². The van der Waals surface area contributed by atoms with E-state index >= 15 is 0 Å². The van der Waals surface area contributed by atoms with Crippen LogP contribution in [0.15, 0.2) is 85.3 Å². The molecule has 2 aromatic heterocycles. The first-order chi connectivity index (χ1) is 13.7. The first-order valence-electron chi connectivity index (χ1n) is 9.11. The van der Waals surface area contributed by atoms with E-state index in [4.69, 9.17) is 0 Å². The molecular formula is C22H21N5O. The molecule has 0 atom stereocenters. The van der Waals surface area contributed by atoms with E-state index in [0.29, 0.717) is 12.2 Å². The van der Waals surface area contributed by atoms with Gasteiger partial charge in [0.15, 0.2) is 5.69 Å². The largest absolute Gasteiger partial charge is 0.333 e. The maximum Gasteiger partial charge on any atom is 0.274 e. The second-order valence-corrected chi connectivity index (χ2v) is 6.60. The molecule has 6 nitrogen and oxygen atoms in total. The lowest BCUT2D eigenvalue weighted by atomic mass is 10.2. The van der Waals surface area contributed by atoms with Crippen molar-refractivity contribution >= 4 is 5.91 Å². The lowest BCUT2D eigenvalue weighted by Crippen LogP contribution is -2.28. The van der Waals surface area contributed by atoms with Gasteiger partial charge >= 0.3 is 0 Å². The van der Waals surface area contributed by atoms with Crippen LogP contribution < -0.4 is 0 Å². The van der Waals surface area contributed by atoms with E-state index in [-0.39, 0.29) is 5.91 Å². The van der Waals surface area contributed by atoms with Crippen LogP contribution in [0.25, 0.3) is 5.69 Å². The molecule has 4 aromatic rings. The highest BCUT2D eigenvalue weighted by molar-refractivity contribution is 5.92. The van der Waals surface area contributed by atoms with Crippen LogP contribution >= 0.6 is 0 Å². The Hall–Kier alpha value is -3.67. The summed E-state index contributed by atoms with van der Waals surface area (Å²) in [6, 6.07) is 21.7. The first-order valence-corrected chi connectivity index (χ1v) is 9.11. The smallest absolute Gasteiger partial charge is 0.274 e. The number of para-hydroxylation sites is 1. The van der Waals surface area contributed by atoms with E-state index in [9.17, 15) is 4.79 Å². The maximum atomic E-state index is 12.8. The summed E-state index contributed by atoms with van der Waals surface area (Å²) in [5, 5.41) is 4.42. The molecule has 0 spiro atoms. The number of carbonyl (C=O) groups excluding carboxylic acids is 1. The molecule has 6 heteroatoms. The highest BCUT2D eigenvalue weighted by Gasteiger charge is 2.17. The summed E-state index contributed by atoms with van der Waals surface area (Å²) in [5.74, 6) is 0.700. The molecule has 4 rings (SSSR count). The molecule has 0 fully saturated rings. The number of carbonyl (C=O) groups is 1. The van der Waals surface area contributed by atoms with E-state index in [1.807, 2.05) is 54.7 Å². The molecule has 0 saturated heterocycles. The molecular weight excluding hydrogens is 350 g/mol. The molecule has 0 aliphatic heterocycles. The molecule has 0 N–H and O–H groups in total. The van der Waals surface area contributed by atoms with Crippen LogP contribution in [0.1, 0.15) is 21.9 Å². The predicted molar refractivity (Wildman–Crippen MR) is 107 cm³/mol. The van der Waals surface area contributed by atoms with Gasteiger partial charge in [-0.2, -0.15) is 5.10 Å². The van der Waals surface area contributed by atoms with Crippen LogP contribution in [0.4, 0.5) is 0 Å². The third-order valence-corrected chi connectivity index (χ3v) is 4.55. The van der Waals surface area contributed by atoms with Crippen molar-refractivity contribution < 1.29 is 4.79 Å². The van der Waals surface area contributed by atoms with E-state index in [2.05, 4.69) is 26.8 Å². The Morgan fingerprint density at radius 3 is 2.43 bits per heavy atom. The van der Waals surface area contributed by atoms with Crippen molar-refractivity contribution in [3.63, 3.8) is 0 Å². The quantitative estimate of drug-likeness (QED) is 0.522. The van der Waals surface area contributed by atoms with Crippen LogP contribution in [0.2, 0.25) is 0 Å². The zero-order valence-electron chi connectivity index (χ0n) is 15.6. The van der Waals surface area contributed by atoms with Crippen molar-refractivity contribution in [2.45, 2.75) is 13.1 Å². The summed E-state index contributed by atoms with van der Waals surface area (Å²) in [5.41, 5.74) is 2.52. The highest BCUT2D eigenvalue weighted by Crippen LogP contribution is 2.11. The number of hydrogen-bond donors (Lipinski definition) is 0. The third kappa shape index (κ3) is 3.86. The Balaban J connectivity index is 1.46. The molecule has 0 saturated carbocycles. The van der Waals surface area contributed by atoms with Gasteiger partial charge in [0.05, 0.1) is 12.2 Å². The van der Waals surface area contributed by atoms with Gasteiger partial charge in [-0.25, -0.2) is 9.67 Å². The summed E-state index contributed by atoms with van der Waals surface area (Å²) in [4.78, 5) is 18.9. The summed E-state index contributed by atoms with van der Waals surface area (Å²) in [6.07, 6.45) is 5.50. The number of benzene rings is 2. The Kier molecular flexibility index (Phi) is 5.01. The number of hydrogen-bond acceptors (Lipinski definition) is 3. The Morgan fingerprint density at radius 1 is 0.964 bits per heavy atom. The fourth-order valence-corrected chi connectivity index (χ4v) is 3.06. The van der Waals surface area contributed by atoms with Crippen LogP contribution in [-0.4, -0.2) is 37.2 Å². The van der Waals surface area contributed by atoms with Crippen LogP contribution in [0.5, 0.6) is 0 Å². The maximum absolute atomic E-state index is 12.8. The van der Waals surface area contributed by atoms with Gasteiger partial charge in [-0.15, -0.1) is 0 Å². The van der Waals surface area contributed by atoms with Gasteiger partial charge in [0.2, 0.25) is 0 Å². The summed E-state index contributed by atoms with van der Waals surface area (Å²) in [7, 11) is 1.77. The normalized spacial score (nSPS) is 10.8. The topological polar surface area (TPSA) is 56.0 Å². The van der Waals surface area contributed by atoms with Gasteiger partial charge in [0.1, 0.15) is 5.82 Å². The highest BCUT2D eigenvalue weighted by atomic mass is 16.2. The molecule has 0 aliphatic rings. The lowest BCUT2D eigenvalue weighted by molar-refractivity contribution is 0.0774. The zero-order valence-corrected chi connectivity index (χ0v) is 15.6. The molecule has 28 heavy (non-hydrogen) atoms. The average molecular weight is 371 g/mol. The monoisotopic (exact) mass is 371 g/mol. The Morgan fingerprint density at radius 2 is 1.68 bits per heavy atom. The molecule has 0 radical (unpaired) electrons. The first kappa shape index (κ1) is 17.7. The minimum absolute atomic E-state index is 0.135. The third-order valence-electron chi connectivity index (χ3n) is 4.55. The van der Waals surface area contributed by atoms with Crippen LogP contribution in [-0.2, 0) is 13.1 Å². The summed E-state index contributed by atoms with van der Waals surface area (Å²) < 4.78 is 3.76. The van der Waals surface area contributed by atoms with Crippen molar-refractivity contribution in [2.75, 3.05) is 7.05 Å². The van der Waals surface area contributed by atoms with Crippen LogP contribution in [0.3, 0.4) is 0 Å². The van der Waals surface area contributed by atoms with Gasteiger partial charge < -0.3 is 9.47 Å². The van der Waals surface area contributed by atoms with Crippen LogP contribution in [0, 0.1) is 0 Å². The standard InChI is InChI=1S/C22H21N5O/c1-25(17-21-23-13-15-26(21)16-18-8-4-2-5-9-18)22(28)20-12-14-27(24-20)19-10-6-3-7-11-19/h2-15H,16-17H2,1H3. The number of imidazole rings is 1. The van der Waals surface area contributed by atoms with E-state index in [1.54, 1.807) is 35.1 Å². The van der Waals surface area contributed by atoms with Crippen molar-refractivity contribution in [1.29, 1.82) is 0 Å². The van der Waals surface area contributed by atoms with Crippen molar-refractivity contribution in [3.05, 3.63) is 102 Å². The van der Waals surface area contributed by atoms with Gasteiger partial charge in [-0.3, -0.25) is 4.79 Å². The van der Waals surface area contributed by atoms with Crippen molar-refractivity contribution in [3.8, 4) is 5.69 Å². The second kappa shape index (κ2) is 7.92. The molecule has 0 bridgehead atoms. The summed E-state index contributed by atoms with van der Waals surface area (Å²) in [6.45, 7) is 1.14. The minimum atomic E-state index is -0.135. The molecule has 2 heterocycles. The average Bonchev–Trinajstić information content (AvgIpc) is 3.39. The molecule has 0 unspecified atom stereocenters. The van der Waals surface area contributed by atoms with E-state index in [0.717, 1.165) is 18.1 Å². The predicted octanol–water partition coefficient (Wildman–Crippen LogP) is 3.39. The molecule has 1 amide bonds. The number of aromatic nitrogens is 4. The summed E-state index contributed by atoms with van der Waals surface area (Å²) >= 11 is 0. The van der Waals surface area contributed by atoms with Crippen molar-refractivity contribution in [2.24, 2.45) is 0 Å². The molecule has 2 aromatic carbocycles. The second-order valence-electron chi connectivity index (χ2n) is 6.60. The number of rotatable bonds is 6. The van der Waals surface area contributed by atoms with Gasteiger partial charge in [0.25, 0.3) is 5.91 Å². The fourth-order valence-electron chi connectivity index (χ4n) is 3.06. The minimum Gasteiger partial charge on any atom is -0.333 e. The van der Waals surface area contributed by atoms with E-state index < -0.39 is 0 Å². The molecule has 140 valence electrons. The molecule has 0 aliphatic carbocycles. The van der Waals surface area contributed by atoms with Gasteiger partial charge in [-0.1, -0.05) is 48.5 Å². The Labute approximate surface area is 163 Å². The zero-order chi connectivity index (χ0) is 19.3. The lowest BCUT2D eigenvalue weighted by Gasteiger charge is -2.17. The van der Waals surface area contributed by atoms with Crippen molar-refractivity contribution in [1.82, 2.24) is 24.2 Å². The number of nitrogens with zero attached hydrogens (tertiary/aromatic N) is 5. The number of amides is 1.